The van der Waals surface area contributed by atoms with E-state index >= 15 is 0 Å². The Morgan fingerprint density at radius 1 is 1.39 bits per heavy atom. The van der Waals surface area contributed by atoms with Crippen LogP contribution < -0.4 is 5.32 Å². The predicted molar refractivity (Wildman–Crippen MR) is 85.7 cm³/mol. The number of amides is 1. The van der Waals surface area contributed by atoms with Crippen LogP contribution in [0, 0.1) is 0 Å². The van der Waals surface area contributed by atoms with Crippen molar-refractivity contribution >= 4 is 16.7 Å². The van der Waals surface area contributed by atoms with Crippen LogP contribution in [0.15, 0.2) is 30.3 Å². The van der Waals surface area contributed by atoms with Gasteiger partial charge in [0.05, 0.1) is 11.8 Å². The van der Waals surface area contributed by atoms with Crippen molar-refractivity contribution in [3.63, 3.8) is 0 Å². The van der Waals surface area contributed by atoms with Crippen molar-refractivity contribution in [2.24, 2.45) is 0 Å². The molecular formula is C15H19N5O2S. The number of benzene rings is 1. The maximum Gasteiger partial charge on any atom is 0.235 e. The molecule has 122 valence electrons. The molecule has 0 radical (unpaired) electrons. The molecule has 2 atom stereocenters. The summed E-state index contributed by atoms with van der Waals surface area (Å²) in [7, 11) is -1.36. The zero-order valence-corrected chi connectivity index (χ0v) is 13.7. The molecule has 8 heteroatoms. The second kappa shape index (κ2) is 6.99. The van der Waals surface area contributed by atoms with Gasteiger partial charge >= 0.3 is 0 Å². The van der Waals surface area contributed by atoms with Crippen LogP contribution in [0.5, 0.6) is 0 Å². The molecule has 1 aliphatic rings. The molecule has 1 saturated carbocycles. The third-order valence-corrected chi connectivity index (χ3v) is 5.34. The monoisotopic (exact) mass is 333 g/mol. The van der Waals surface area contributed by atoms with Gasteiger partial charge in [0.25, 0.3) is 0 Å². The smallest absolute Gasteiger partial charge is 0.235 e. The largest absolute Gasteiger partial charge is 0.351 e. The van der Waals surface area contributed by atoms with Gasteiger partial charge in [-0.25, -0.2) is 4.68 Å². The van der Waals surface area contributed by atoms with E-state index in [0.29, 0.717) is 18.4 Å². The lowest BCUT2D eigenvalue weighted by Gasteiger charge is -2.12. The number of aromatic nitrogens is 4. The summed E-state index contributed by atoms with van der Waals surface area (Å²) in [6.07, 6.45) is 2.11. The fraction of sp³-hybridized carbons (Fsp3) is 0.467. The summed E-state index contributed by atoms with van der Waals surface area (Å²) in [6.45, 7) is 2.10. The SMILES string of the molecule is C[C@H](C(=O)NCc1ccccc1)[S@](=O)Cc1nnnn1C1CC1. The van der Waals surface area contributed by atoms with Crippen molar-refractivity contribution in [2.45, 2.75) is 43.4 Å². The molecule has 0 unspecified atom stereocenters. The molecule has 7 nitrogen and oxygen atoms in total. The first kappa shape index (κ1) is 15.8. The summed E-state index contributed by atoms with van der Waals surface area (Å²) in [5, 5.41) is 13.7. The summed E-state index contributed by atoms with van der Waals surface area (Å²) in [4.78, 5) is 12.2. The number of rotatable bonds is 7. The summed E-state index contributed by atoms with van der Waals surface area (Å²) >= 11 is 0. The summed E-state index contributed by atoms with van der Waals surface area (Å²) in [6, 6.07) is 9.96. The minimum Gasteiger partial charge on any atom is -0.351 e. The Labute approximate surface area is 136 Å². The normalized spacial score (nSPS) is 16.7. The number of nitrogens with one attached hydrogen (secondary N) is 1. The lowest BCUT2D eigenvalue weighted by atomic mass is 10.2. The van der Waals surface area contributed by atoms with Crippen molar-refractivity contribution < 1.29 is 9.00 Å². The van der Waals surface area contributed by atoms with Gasteiger partial charge in [-0.15, -0.1) is 5.10 Å². The summed E-state index contributed by atoms with van der Waals surface area (Å²) in [5.74, 6) is 0.565. The third kappa shape index (κ3) is 4.01. The Balaban J connectivity index is 1.54. The maximum absolute atomic E-state index is 12.4. The van der Waals surface area contributed by atoms with Crippen LogP contribution in [0.4, 0.5) is 0 Å². The van der Waals surface area contributed by atoms with Gasteiger partial charge in [0.1, 0.15) is 5.25 Å². The van der Waals surface area contributed by atoms with E-state index in [0.717, 1.165) is 18.4 Å². The summed E-state index contributed by atoms with van der Waals surface area (Å²) < 4.78 is 14.1. The van der Waals surface area contributed by atoms with Crippen LogP contribution in [0.1, 0.15) is 37.2 Å². The average Bonchev–Trinajstić information content (AvgIpc) is 3.32. The first-order valence-corrected chi connectivity index (χ1v) is 8.99. The molecule has 1 N–H and O–H groups in total. The Morgan fingerprint density at radius 3 is 2.83 bits per heavy atom. The van der Waals surface area contributed by atoms with Crippen molar-refractivity contribution in [2.75, 3.05) is 0 Å². The maximum atomic E-state index is 12.4. The Hall–Kier alpha value is -2.09. The highest BCUT2D eigenvalue weighted by Crippen LogP contribution is 2.34. The predicted octanol–water partition coefficient (Wildman–Crippen LogP) is 0.962. The van der Waals surface area contributed by atoms with Gasteiger partial charge in [-0.1, -0.05) is 30.3 Å². The topological polar surface area (TPSA) is 89.8 Å². The molecular weight excluding hydrogens is 314 g/mol. The molecule has 1 heterocycles. The van der Waals surface area contributed by atoms with Gasteiger partial charge in [-0.3, -0.25) is 9.00 Å². The number of hydrogen-bond donors (Lipinski definition) is 1. The molecule has 1 fully saturated rings. The third-order valence-electron chi connectivity index (χ3n) is 3.80. The molecule has 2 aromatic rings. The van der Waals surface area contributed by atoms with Gasteiger partial charge in [0.15, 0.2) is 5.82 Å². The van der Waals surface area contributed by atoms with E-state index in [1.807, 2.05) is 30.3 Å². The zero-order chi connectivity index (χ0) is 16.2. The Morgan fingerprint density at radius 2 is 2.13 bits per heavy atom. The quantitative estimate of drug-likeness (QED) is 0.815. The number of nitrogens with zero attached hydrogens (tertiary/aromatic N) is 4. The van der Waals surface area contributed by atoms with Crippen LogP contribution in [-0.2, 0) is 27.9 Å². The van der Waals surface area contributed by atoms with Gasteiger partial charge in [0, 0.05) is 17.3 Å². The highest BCUT2D eigenvalue weighted by Gasteiger charge is 2.29. The van der Waals surface area contributed by atoms with Crippen LogP contribution in [0.25, 0.3) is 0 Å². The molecule has 0 aliphatic heterocycles. The van der Waals surface area contributed by atoms with E-state index in [-0.39, 0.29) is 11.7 Å². The molecule has 0 spiro atoms. The Bertz CT molecular complexity index is 699. The zero-order valence-electron chi connectivity index (χ0n) is 12.9. The lowest BCUT2D eigenvalue weighted by Crippen LogP contribution is -2.35. The van der Waals surface area contributed by atoms with Gasteiger partial charge in [0.2, 0.25) is 5.91 Å². The molecule has 0 saturated heterocycles. The van der Waals surface area contributed by atoms with Crippen molar-refractivity contribution in [3.8, 4) is 0 Å². The van der Waals surface area contributed by atoms with Gasteiger partial charge in [-0.05, 0) is 35.8 Å². The minimum atomic E-state index is -1.36. The minimum absolute atomic E-state index is 0.198. The van der Waals surface area contributed by atoms with Crippen LogP contribution in [0.3, 0.4) is 0 Å². The van der Waals surface area contributed by atoms with Crippen molar-refractivity contribution in [1.82, 2.24) is 25.5 Å². The Kier molecular flexibility index (Phi) is 4.80. The number of carbonyl (C=O) groups excluding carboxylic acids is 1. The van der Waals surface area contributed by atoms with Crippen LogP contribution in [0.2, 0.25) is 0 Å². The van der Waals surface area contributed by atoms with Gasteiger partial charge < -0.3 is 5.32 Å². The van der Waals surface area contributed by atoms with Crippen molar-refractivity contribution in [1.29, 1.82) is 0 Å². The molecule has 23 heavy (non-hydrogen) atoms. The molecule has 1 aromatic heterocycles. The molecule has 1 amide bonds. The average molecular weight is 333 g/mol. The first-order chi connectivity index (χ1) is 11.1. The molecule has 1 aromatic carbocycles. The van der Waals surface area contributed by atoms with Gasteiger partial charge in [-0.2, -0.15) is 0 Å². The highest BCUT2D eigenvalue weighted by atomic mass is 32.2. The van der Waals surface area contributed by atoms with E-state index in [1.54, 1.807) is 11.6 Å². The van der Waals surface area contributed by atoms with Crippen molar-refractivity contribution in [3.05, 3.63) is 41.7 Å². The number of hydrogen-bond acceptors (Lipinski definition) is 5. The molecule has 3 rings (SSSR count). The van der Waals surface area contributed by atoms with E-state index < -0.39 is 16.0 Å². The number of carbonyl (C=O) groups is 1. The second-order valence-corrected chi connectivity index (χ2v) is 7.40. The van der Waals surface area contributed by atoms with E-state index in [1.165, 1.54) is 0 Å². The van der Waals surface area contributed by atoms with E-state index in [4.69, 9.17) is 0 Å². The van der Waals surface area contributed by atoms with Crippen LogP contribution in [-0.4, -0.2) is 35.6 Å². The van der Waals surface area contributed by atoms with Crippen LogP contribution >= 0.6 is 0 Å². The fourth-order valence-electron chi connectivity index (χ4n) is 2.21. The standard InChI is InChI=1S/C15H19N5O2S/c1-11(15(21)16-9-12-5-3-2-4-6-12)23(22)10-14-17-18-19-20(14)13-7-8-13/h2-6,11,13H,7-10H2,1H3,(H,16,21)/t11-,23-/m1/s1. The van der Waals surface area contributed by atoms with E-state index in [2.05, 4.69) is 20.8 Å². The van der Waals surface area contributed by atoms with E-state index in [9.17, 15) is 9.00 Å². The molecule has 0 bridgehead atoms. The number of tetrazole rings is 1. The lowest BCUT2D eigenvalue weighted by molar-refractivity contribution is -0.120. The molecule has 1 aliphatic carbocycles. The highest BCUT2D eigenvalue weighted by molar-refractivity contribution is 7.85. The fourth-order valence-corrected chi connectivity index (χ4v) is 3.23. The summed E-state index contributed by atoms with van der Waals surface area (Å²) in [5.41, 5.74) is 1.01. The second-order valence-electron chi connectivity index (χ2n) is 5.64. The first-order valence-electron chi connectivity index (χ1n) is 7.60.